The maximum atomic E-state index is 11.9. The molecule has 94 valence electrons. The topological polar surface area (TPSA) is 53.3 Å². The fraction of sp³-hybridized carbons (Fsp3) is 0.385. The number of halogens is 1. The van der Waals surface area contributed by atoms with E-state index in [1.54, 1.807) is 11.0 Å². The third-order valence-electron chi connectivity index (χ3n) is 3.06. The van der Waals surface area contributed by atoms with Gasteiger partial charge in [0.25, 0.3) is 0 Å². The molecule has 0 saturated carbocycles. The van der Waals surface area contributed by atoms with Crippen LogP contribution >= 0.6 is 11.6 Å². The number of carbonyl (C=O) groups excluding carboxylic acids is 1. The molecule has 5 heteroatoms. The average Bonchev–Trinajstić information content (AvgIpc) is 2.73. The van der Waals surface area contributed by atoms with E-state index in [9.17, 15) is 4.79 Å². The summed E-state index contributed by atoms with van der Waals surface area (Å²) >= 11 is 6.03. The van der Waals surface area contributed by atoms with Crippen LogP contribution < -0.4 is 9.64 Å². The summed E-state index contributed by atoms with van der Waals surface area (Å²) in [7, 11) is 1.53. The van der Waals surface area contributed by atoms with Crippen molar-refractivity contribution < 1.29 is 9.53 Å². The largest absolute Gasteiger partial charge is 0.495 e. The summed E-state index contributed by atoms with van der Waals surface area (Å²) in [6, 6.07) is 5.64. The second-order valence-corrected chi connectivity index (χ2v) is 4.71. The fourth-order valence-corrected chi connectivity index (χ4v) is 2.20. The van der Waals surface area contributed by atoms with Crippen LogP contribution in [0.1, 0.15) is 12.0 Å². The van der Waals surface area contributed by atoms with Gasteiger partial charge in [0, 0.05) is 24.1 Å². The first-order chi connectivity index (χ1) is 8.56. The van der Waals surface area contributed by atoms with Crippen LogP contribution in [0.5, 0.6) is 5.75 Å². The van der Waals surface area contributed by atoms with Crippen molar-refractivity contribution in [3.05, 3.63) is 22.7 Å². The number of amides is 1. The molecule has 0 bridgehead atoms. The third kappa shape index (κ3) is 2.14. The number of carbonyl (C=O) groups is 1. The van der Waals surface area contributed by atoms with Gasteiger partial charge in [0.2, 0.25) is 5.91 Å². The number of nitrogens with zero attached hydrogens (tertiary/aromatic N) is 2. The predicted octanol–water partition coefficient (Wildman–Crippen LogP) is 2.53. The molecule has 0 aromatic heterocycles. The number of hydrogen-bond acceptors (Lipinski definition) is 3. The van der Waals surface area contributed by atoms with Crippen molar-refractivity contribution in [2.24, 2.45) is 5.92 Å². The zero-order valence-electron chi connectivity index (χ0n) is 10.2. The van der Waals surface area contributed by atoms with Gasteiger partial charge in [-0.15, -0.1) is 0 Å². The van der Waals surface area contributed by atoms with Crippen molar-refractivity contribution in [3.63, 3.8) is 0 Å². The highest BCUT2D eigenvalue weighted by molar-refractivity contribution is 6.31. The van der Waals surface area contributed by atoms with Crippen LogP contribution in [0.4, 0.5) is 5.69 Å². The second-order valence-electron chi connectivity index (χ2n) is 4.31. The van der Waals surface area contributed by atoms with Crippen molar-refractivity contribution in [1.29, 1.82) is 5.26 Å². The first-order valence-corrected chi connectivity index (χ1v) is 5.98. The summed E-state index contributed by atoms with van der Waals surface area (Å²) in [4.78, 5) is 13.5. The van der Waals surface area contributed by atoms with Crippen molar-refractivity contribution in [2.75, 3.05) is 18.6 Å². The molecule has 0 aliphatic carbocycles. The van der Waals surface area contributed by atoms with Crippen LogP contribution in [0.25, 0.3) is 0 Å². The summed E-state index contributed by atoms with van der Waals surface area (Å²) < 4.78 is 5.25. The number of aryl methyl sites for hydroxylation is 1. The van der Waals surface area contributed by atoms with Crippen molar-refractivity contribution >= 4 is 23.2 Å². The van der Waals surface area contributed by atoms with Crippen molar-refractivity contribution in [3.8, 4) is 11.8 Å². The van der Waals surface area contributed by atoms with Crippen LogP contribution in [-0.4, -0.2) is 19.6 Å². The smallest absolute Gasteiger partial charge is 0.228 e. The minimum atomic E-state index is -0.252. The molecule has 1 aliphatic heterocycles. The van der Waals surface area contributed by atoms with E-state index in [1.165, 1.54) is 7.11 Å². The highest BCUT2D eigenvalue weighted by atomic mass is 35.5. The fourth-order valence-electron chi connectivity index (χ4n) is 2.05. The molecule has 1 amide bonds. The average molecular weight is 265 g/mol. The van der Waals surface area contributed by atoms with Gasteiger partial charge in [-0.3, -0.25) is 4.79 Å². The summed E-state index contributed by atoms with van der Waals surface area (Å²) in [6.45, 7) is 2.28. The molecule has 1 fully saturated rings. The van der Waals surface area contributed by atoms with Crippen LogP contribution in [0, 0.1) is 24.2 Å². The molecule has 1 unspecified atom stereocenters. The maximum absolute atomic E-state index is 11.9. The van der Waals surface area contributed by atoms with E-state index in [4.69, 9.17) is 21.6 Å². The molecule has 1 heterocycles. The maximum Gasteiger partial charge on any atom is 0.228 e. The lowest BCUT2D eigenvalue weighted by Crippen LogP contribution is -2.25. The van der Waals surface area contributed by atoms with Gasteiger partial charge in [-0.1, -0.05) is 11.6 Å². The summed E-state index contributed by atoms with van der Waals surface area (Å²) in [5.41, 5.74) is 1.56. The van der Waals surface area contributed by atoms with E-state index >= 15 is 0 Å². The SMILES string of the molecule is COc1cc(Cl)c(C)cc1N1CC(C#N)CC1=O. The third-order valence-corrected chi connectivity index (χ3v) is 3.47. The van der Waals surface area contributed by atoms with Gasteiger partial charge in [-0.05, 0) is 18.6 Å². The normalized spacial score (nSPS) is 18.9. The van der Waals surface area contributed by atoms with Crippen LogP contribution in [0.15, 0.2) is 12.1 Å². The lowest BCUT2D eigenvalue weighted by Gasteiger charge is -2.20. The number of benzene rings is 1. The lowest BCUT2D eigenvalue weighted by molar-refractivity contribution is -0.117. The Hall–Kier alpha value is -1.73. The van der Waals surface area contributed by atoms with Crippen LogP contribution in [0.3, 0.4) is 0 Å². The van der Waals surface area contributed by atoms with Crippen LogP contribution in [-0.2, 0) is 4.79 Å². The zero-order chi connectivity index (χ0) is 13.3. The van der Waals surface area contributed by atoms with Crippen molar-refractivity contribution in [1.82, 2.24) is 0 Å². The van der Waals surface area contributed by atoms with Gasteiger partial charge in [-0.2, -0.15) is 5.26 Å². The molecule has 1 atom stereocenters. The quantitative estimate of drug-likeness (QED) is 0.825. The van der Waals surface area contributed by atoms with Gasteiger partial charge in [0.1, 0.15) is 5.75 Å². The molecule has 0 N–H and O–H groups in total. The Bertz CT molecular complexity index is 537. The Morgan fingerprint density at radius 3 is 2.83 bits per heavy atom. The highest BCUT2D eigenvalue weighted by Gasteiger charge is 2.32. The van der Waals surface area contributed by atoms with E-state index in [2.05, 4.69) is 6.07 Å². The van der Waals surface area contributed by atoms with Gasteiger partial charge < -0.3 is 9.64 Å². The predicted molar refractivity (Wildman–Crippen MR) is 68.8 cm³/mol. The monoisotopic (exact) mass is 264 g/mol. The number of hydrogen-bond donors (Lipinski definition) is 0. The standard InChI is InChI=1S/C13H13ClN2O2/c1-8-3-11(12(18-2)5-10(8)14)16-7-9(6-15)4-13(16)17/h3,5,9H,4,7H2,1-2H3. The number of ether oxygens (including phenoxy) is 1. The molecule has 0 radical (unpaired) electrons. The molecule has 0 spiro atoms. The summed E-state index contributed by atoms with van der Waals surface area (Å²) in [5, 5.41) is 9.49. The van der Waals surface area contributed by atoms with E-state index in [0.29, 0.717) is 23.0 Å². The first-order valence-electron chi connectivity index (χ1n) is 5.61. The van der Waals surface area contributed by atoms with Crippen LogP contribution in [0.2, 0.25) is 5.02 Å². The molecular formula is C13H13ClN2O2. The van der Waals surface area contributed by atoms with Crippen molar-refractivity contribution in [2.45, 2.75) is 13.3 Å². The molecule has 1 aromatic rings. The second kappa shape index (κ2) is 4.87. The Labute approximate surface area is 111 Å². The lowest BCUT2D eigenvalue weighted by atomic mass is 10.1. The molecule has 18 heavy (non-hydrogen) atoms. The number of nitriles is 1. The van der Waals surface area contributed by atoms with Gasteiger partial charge in [-0.25, -0.2) is 0 Å². The number of anilines is 1. The van der Waals surface area contributed by atoms with Gasteiger partial charge >= 0.3 is 0 Å². The van der Waals surface area contributed by atoms with Gasteiger partial charge in [0.05, 0.1) is 24.8 Å². The Balaban J connectivity index is 2.42. The Morgan fingerprint density at radius 1 is 1.56 bits per heavy atom. The Kier molecular flexibility index (Phi) is 3.44. The molecular weight excluding hydrogens is 252 g/mol. The molecule has 1 aliphatic rings. The minimum absolute atomic E-state index is 0.0541. The highest BCUT2D eigenvalue weighted by Crippen LogP contribution is 2.36. The van der Waals surface area contributed by atoms with E-state index in [0.717, 1.165) is 5.56 Å². The van der Waals surface area contributed by atoms with E-state index in [1.807, 2.05) is 13.0 Å². The molecule has 1 aromatic carbocycles. The van der Waals surface area contributed by atoms with E-state index < -0.39 is 0 Å². The number of methoxy groups -OCH3 is 1. The molecule has 2 rings (SSSR count). The molecule has 4 nitrogen and oxygen atoms in total. The summed E-state index contributed by atoms with van der Waals surface area (Å²) in [5.74, 6) is 0.248. The molecule has 1 saturated heterocycles. The zero-order valence-corrected chi connectivity index (χ0v) is 11.0. The summed E-state index contributed by atoms with van der Waals surface area (Å²) in [6.07, 6.45) is 0.265. The first kappa shape index (κ1) is 12.7. The van der Waals surface area contributed by atoms with Gasteiger partial charge in [0.15, 0.2) is 0 Å². The number of rotatable bonds is 2. The van der Waals surface area contributed by atoms with E-state index in [-0.39, 0.29) is 18.2 Å². The minimum Gasteiger partial charge on any atom is -0.495 e. The Morgan fingerprint density at radius 2 is 2.28 bits per heavy atom.